The molecular formula is C47H32O5. The molecule has 250 valence electrons. The predicted octanol–water partition coefficient (Wildman–Crippen LogP) is 11.2. The topological polar surface area (TPSA) is 61.8 Å². The lowest BCUT2D eigenvalue weighted by Crippen LogP contribution is -2.02. The summed E-state index contributed by atoms with van der Waals surface area (Å²) >= 11 is 0. The van der Waals surface area contributed by atoms with Crippen LogP contribution in [-0.4, -0.2) is 11.6 Å². The van der Waals surface area contributed by atoms with Crippen molar-refractivity contribution in [3.8, 4) is 46.3 Å². The van der Waals surface area contributed by atoms with Crippen molar-refractivity contribution >= 4 is 11.6 Å². The van der Waals surface area contributed by atoms with Crippen molar-refractivity contribution in [1.29, 1.82) is 0 Å². The summed E-state index contributed by atoms with van der Waals surface area (Å²) in [7, 11) is 0. The van der Waals surface area contributed by atoms with Gasteiger partial charge >= 0.3 is 0 Å². The summed E-state index contributed by atoms with van der Waals surface area (Å²) in [4.78, 5) is 26.6. The average Bonchev–Trinajstić information content (AvgIpc) is 3.18. The standard InChI is InChI=1S/C47H32O5/c1-33-9-5-14-41(29-33)51-42-15-6-12-38(30-42)47(49)39-13-7-16-43(31-39)52-45-18-8-17-44(32-45)50-40-27-25-37(26-28-40)46(48)36-23-21-35(22-24-36)20-19-34-10-3-2-4-11-34/h2-18,21-32H,1H3. The summed E-state index contributed by atoms with van der Waals surface area (Å²) < 4.78 is 18.2. The van der Waals surface area contributed by atoms with Crippen molar-refractivity contribution in [1.82, 2.24) is 0 Å². The fourth-order valence-electron chi connectivity index (χ4n) is 5.47. The molecule has 0 aromatic heterocycles. The van der Waals surface area contributed by atoms with Gasteiger partial charge in [0.1, 0.15) is 34.5 Å². The maximum atomic E-state index is 13.4. The van der Waals surface area contributed by atoms with Gasteiger partial charge in [0.25, 0.3) is 0 Å². The largest absolute Gasteiger partial charge is 0.457 e. The van der Waals surface area contributed by atoms with Gasteiger partial charge in [0.05, 0.1) is 0 Å². The SMILES string of the molecule is Cc1cccc(Oc2cccc(C(=O)c3cccc(Oc4cccc(Oc5ccc(C(=O)c6ccc(C#Cc7ccccc7)cc6)cc5)c4)c3)c2)c1. The second-order valence-electron chi connectivity index (χ2n) is 12.0. The minimum absolute atomic E-state index is 0.0893. The highest BCUT2D eigenvalue weighted by Crippen LogP contribution is 2.30. The number of benzene rings is 7. The Balaban J connectivity index is 0.975. The Morgan fingerprint density at radius 2 is 0.788 bits per heavy atom. The lowest BCUT2D eigenvalue weighted by atomic mass is 10.0. The van der Waals surface area contributed by atoms with Crippen LogP contribution in [0.3, 0.4) is 0 Å². The first-order chi connectivity index (χ1) is 25.4. The van der Waals surface area contributed by atoms with E-state index in [1.165, 1.54) is 0 Å². The molecule has 0 aliphatic heterocycles. The van der Waals surface area contributed by atoms with Crippen LogP contribution in [0.1, 0.15) is 48.5 Å². The molecule has 0 saturated heterocycles. The number of ketones is 2. The van der Waals surface area contributed by atoms with E-state index in [1.54, 1.807) is 84.9 Å². The Labute approximate surface area is 302 Å². The number of hydrogen-bond acceptors (Lipinski definition) is 5. The summed E-state index contributed by atoms with van der Waals surface area (Å²) in [5.74, 6) is 9.49. The quantitative estimate of drug-likeness (QED) is 0.107. The van der Waals surface area contributed by atoms with Gasteiger partial charge in [-0.15, -0.1) is 0 Å². The van der Waals surface area contributed by atoms with Gasteiger partial charge in [-0.25, -0.2) is 0 Å². The molecule has 0 aliphatic carbocycles. The van der Waals surface area contributed by atoms with Crippen molar-refractivity contribution in [2.75, 3.05) is 0 Å². The van der Waals surface area contributed by atoms with Crippen LogP contribution in [0.2, 0.25) is 0 Å². The summed E-state index contributed by atoms with van der Waals surface area (Å²) in [6.45, 7) is 2.00. The van der Waals surface area contributed by atoms with Gasteiger partial charge in [0.15, 0.2) is 11.6 Å². The van der Waals surface area contributed by atoms with E-state index >= 15 is 0 Å². The number of rotatable bonds is 10. The Hall–Kier alpha value is -7.16. The number of aryl methyl sites for hydroxylation is 1. The van der Waals surface area contributed by atoms with Crippen LogP contribution in [0.4, 0.5) is 0 Å². The third kappa shape index (κ3) is 8.52. The third-order valence-corrected chi connectivity index (χ3v) is 8.08. The van der Waals surface area contributed by atoms with E-state index < -0.39 is 0 Å². The molecule has 0 heterocycles. The minimum atomic E-state index is -0.149. The van der Waals surface area contributed by atoms with Crippen LogP contribution >= 0.6 is 0 Å². The van der Waals surface area contributed by atoms with Crippen molar-refractivity contribution in [2.24, 2.45) is 0 Å². The minimum Gasteiger partial charge on any atom is -0.457 e. The van der Waals surface area contributed by atoms with Gasteiger partial charge in [-0.05, 0) is 122 Å². The molecule has 7 aromatic rings. The zero-order chi connectivity index (χ0) is 35.7. The smallest absolute Gasteiger partial charge is 0.193 e. The Morgan fingerprint density at radius 3 is 1.35 bits per heavy atom. The van der Waals surface area contributed by atoms with Gasteiger partial charge in [-0.2, -0.15) is 0 Å². The molecule has 7 rings (SSSR count). The summed E-state index contributed by atoms with van der Waals surface area (Å²) in [6, 6.07) is 53.2. The fraction of sp³-hybridized carbons (Fsp3) is 0.0213. The molecule has 0 spiro atoms. The van der Waals surface area contributed by atoms with Gasteiger partial charge in [0, 0.05) is 39.4 Å². The maximum absolute atomic E-state index is 13.4. The van der Waals surface area contributed by atoms with Gasteiger partial charge in [-0.1, -0.05) is 72.5 Å². The van der Waals surface area contributed by atoms with E-state index in [0.717, 1.165) is 16.7 Å². The monoisotopic (exact) mass is 676 g/mol. The van der Waals surface area contributed by atoms with E-state index in [9.17, 15) is 9.59 Å². The Kier molecular flexibility index (Phi) is 10.00. The highest BCUT2D eigenvalue weighted by Gasteiger charge is 2.13. The van der Waals surface area contributed by atoms with E-state index in [0.29, 0.717) is 56.8 Å². The molecular weight excluding hydrogens is 645 g/mol. The number of carbonyl (C=O) groups excluding carboxylic acids is 2. The van der Waals surface area contributed by atoms with Crippen LogP contribution in [0.25, 0.3) is 0 Å². The van der Waals surface area contributed by atoms with Crippen LogP contribution < -0.4 is 14.2 Å². The molecule has 5 nitrogen and oxygen atoms in total. The molecule has 5 heteroatoms. The normalized spacial score (nSPS) is 10.4. The van der Waals surface area contributed by atoms with Crippen LogP contribution in [0, 0.1) is 18.8 Å². The number of carbonyl (C=O) groups is 2. The predicted molar refractivity (Wildman–Crippen MR) is 203 cm³/mol. The maximum Gasteiger partial charge on any atom is 0.193 e. The molecule has 0 atom stereocenters. The lowest BCUT2D eigenvalue weighted by Gasteiger charge is -2.11. The zero-order valence-corrected chi connectivity index (χ0v) is 28.3. The fourth-order valence-corrected chi connectivity index (χ4v) is 5.47. The van der Waals surface area contributed by atoms with Crippen molar-refractivity contribution in [2.45, 2.75) is 6.92 Å². The van der Waals surface area contributed by atoms with Crippen molar-refractivity contribution in [3.63, 3.8) is 0 Å². The molecule has 52 heavy (non-hydrogen) atoms. The molecule has 7 aromatic carbocycles. The first-order valence-corrected chi connectivity index (χ1v) is 16.7. The van der Waals surface area contributed by atoms with Gasteiger partial charge in [-0.3, -0.25) is 9.59 Å². The second-order valence-corrected chi connectivity index (χ2v) is 12.0. The van der Waals surface area contributed by atoms with Crippen LogP contribution in [-0.2, 0) is 0 Å². The first-order valence-electron chi connectivity index (χ1n) is 16.7. The summed E-state index contributed by atoms with van der Waals surface area (Å²) in [5, 5.41) is 0. The van der Waals surface area contributed by atoms with E-state index in [-0.39, 0.29) is 11.6 Å². The average molecular weight is 677 g/mol. The number of hydrogen-bond donors (Lipinski definition) is 0. The summed E-state index contributed by atoms with van der Waals surface area (Å²) in [5.41, 5.74) is 4.98. The molecule has 0 unspecified atom stereocenters. The summed E-state index contributed by atoms with van der Waals surface area (Å²) in [6.07, 6.45) is 0. The molecule has 0 N–H and O–H groups in total. The Bertz CT molecular complexity index is 2420. The van der Waals surface area contributed by atoms with E-state index in [2.05, 4.69) is 11.8 Å². The zero-order valence-electron chi connectivity index (χ0n) is 28.3. The molecule has 0 amide bonds. The highest BCUT2D eigenvalue weighted by molar-refractivity contribution is 6.09. The van der Waals surface area contributed by atoms with E-state index in [4.69, 9.17) is 14.2 Å². The van der Waals surface area contributed by atoms with Gasteiger partial charge < -0.3 is 14.2 Å². The number of ether oxygens (including phenoxy) is 3. The van der Waals surface area contributed by atoms with Gasteiger partial charge in [0.2, 0.25) is 0 Å². The van der Waals surface area contributed by atoms with Crippen molar-refractivity contribution in [3.05, 3.63) is 215 Å². The molecule has 0 fully saturated rings. The molecule has 0 saturated carbocycles. The highest BCUT2D eigenvalue weighted by atomic mass is 16.5. The van der Waals surface area contributed by atoms with Crippen molar-refractivity contribution < 1.29 is 23.8 Å². The molecule has 0 aliphatic rings. The molecule has 0 radical (unpaired) electrons. The first kappa shape index (κ1) is 33.3. The molecule has 0 bridgehead atoms. The third-order valence-electron chi connectivity index (χ3n) is 8.08. The lowest BCUT2D eigenvalue weighted by molar-refractivity contribution is 0.103. The van der Waals surface area contributed by atoms with Crippen LogP contribution in [0.15, 0.2) is 176 Å². The Morgan fingerprint density at radius 1 is 0.365 bits per heavy atom. The van der Waals surface area contributed by atoms with E-state index in [1.807, 2.05) is 97.9 Å². The second kappa shape index (κ2) is 15.6. The van der Waals surface area contributed by atoms with Crippen LogP contribution in [0.5, 0.6) is 34.5 Å².